The molecule has 0 aliphatic carbocycles. The zero-order chi connectivity index (χ0) is 13.5. The molecule has 1 aliphatic rings. The molecular weight excluding hydrogens is 238 g/mol. The van der Waals surface area contributed by atoms with Gasteiger partial charge in [0.05, 0.1) is 6.61 Å². The number of hydrogen-bond acceptors (Lipinski definition) is 4. The molecule has 0 aromatic heterocycles. The van der Waals surface area contributed by atoms with E-state index in [4.69, 9.17) is 9.84 Å². The smallest absolute Gasteiger partial charge is 0.323 e. The summed E-state index contributed by atoms with van der Waals surface area (Å²) < 4.78 is 4.87. The van der Waals surface area contributed by atoms with Crippen molar-refractivity contribution in [2.24, 2.45) is 0 Å². The first-order chi connectivity index (χ1) is 8.52. The standard InChI is InChI=1S/C11H21N3O4/c1-13-4-3-9(7-13)12-11(17)14(5-6-18-2)8-10(15)16/h9H,3-8H2,1-2H3,(H,12,17)(H,15,16). The van der Waals surface area contributed by atoms with Crippen LogP contribution in [0, 0.1) is 0 Å². The summed E-state index contributed by atoms with van der Waals surface area (Å²) in [5, 5.41) is 11.6. The van der Waals surface area contributed by atoms with Crippen LogP contribution in [0.5, 0.6) is 0 Å². The lowest BCUT2D eigenvalue weighted by Crippen LogP contribution is -2.48. The number of aliphatic carboxylic acids is 1. The van der Waals surface area contributed by atoms with E-state index in [1.165, 1.54) is 12.0 Å². The summed E-state index contributed by atoms with van der Waals surface area (Å²) in [6.07, 6.45) is 0.896. The molecule has 1 heterocycles. The molecule has 1 fully saturated rings. The number of nitrogens with one attached hydrogen (secondary N) is 1. The van der Waals surface area contributed by atoms with Crippen molar-refractivity contribution in [2.75, 3.05) is 46.9 Å². The van der Waals surface area contributed by atoms with Crippen LogP contribution in [-0.2, 0) is 9.53 Å². The number of carboxylic acid groups (broad SMARTS) is 1. The lowest BCUT2D eigenvalue weighted by atomic mass is 10.3. The first kappa shape index (κ1) is 14.7. The molecule has 2 N–H and O–H groups in total. The molecule has 1 atom stereocenters. The second kappa shape index (κ2) is 7.17. The Morgan fingerprint density at radius 2 is 2.28 bits per heavy atom. The number of carbonyl (C=O) groups excluding carboxylic acids is 1. The number of ether oxygens (including phenoxy) is 1. The van der Waals surface area contributed by atoms with Gasteiger partial charge in [0.25, 0.3) is 0 Å². The summed E-state index contributed by atoms with van der Waals surface area (Å²) in [5.74, 6) is -1.02. The SMILES string of the molecule is COCCN(CC(=O)O)C(=O)NC1CCN(C)C1. The largest absolute Gasteiger partial charge is 0.480 e. The van der Waals surface area contributed by atoms with Crippen LogP contribution >= 0.6 is 0 Å². The maximum Gasteiger partial charge on any atom is 0.323 e. The Hall–Kier alpha value is -1.34. The molecule has 104 valence electrons. The average Bonchev–Trinajstić information content (AvgIpc) is 2.69. The number of likely N-dealkylation sites (N-methyl/N-ethyl adjacent to an activating group) is 1. The van der Waals surface area contributed by atoms with Gasteiger partial charge in [0.1, 0.15) is 6.54 Å². The minimum atomic E-state index is -1.02. The molecule has 7 heteroatoms. The third kappa shape index (κ3) is 4.89. The van der Waals surface area contributed by atoms with Gasteiger partial charge in [-0.3, -0.25) is 4.79 Å². The number of carboxylic acids is 1. The van der Waals surface area contributed by atoms with Gasteiger partial charge in [0.15, 0.2) is 0 Å². The van der Waals surface area contributed by atoms with Crippen molar-refractivity contribution < 1.29 is 19.4 Å². The highest BCUT2D eigenvalue weighted by Crippen LogP contribution is 2.06. The number of rotatable bonds is 6. The zero-order valence-corrected chi connectivity index (χ0v) is 10.9. The van der Waals surface area contributed by atoms with Gasteiger partial charge >= 0.3 is 12.0 Å². The van der Waals surface area contributed by atoms with E-state index in [1.54, 1.807) is 0 Å². The normalized spacial score (nSPS) is 19.8. The Bertz CT molecular complexity index is 298. The predicted octanol–water partition coefficient (Wildman–Crippen LogP) is -0.567. The second-order valence-corrected chi connectivity index (χ2v) is 4.51. The highest BCUT2D eigenvalue weighted by molar-refractivity contribution is 5.80. The summed E-state index contributed by atoms with van der Waals surface area (Å²) >= 11 is 0. The summed E-state index contributed by atoms with van der Waals surface area (Å²) in [5.41, 5.74) is 0. The number of carbonyl (C=O) groups is 2. The predicted molar refractivity (Wildman–Crippen MR) is 65.5 cm³/mol. The van der Waals surface area contributed by atoms with Crippen LogP contribution in [0.1, 0.15) is 6.42 Å². The van der Waals surface area contributed by atoms with Crippen LogP contribution in [0.15, 0.2) is 0 Å². The van der Waals surface area contributed by atoms with E-state index in [2.05, 4.69) is 10.2 Å². The molecule has 2 amide bonds. The van der Waals surface area contributed by atoms with Gasteiger partial charge in [-0.05, 0) is 20.0 Å². The molecule has 0 saturated carbocycles. The lowest BCUT2D eigenvalue weighted by Gasteiger charge is -2.23. The van der Waals surface area contributed by atoms with Gasteiger partial charge in [-0.15, -0.1) is 0 Å². The van der Waals surface area contributed by atoms with Gasteiger partial charge in [0.2, 0.25) is 0 Å². The molecule has 0 radical (unpaired) electrons. The van der Waals surface area contributed by atoms with E-state index >= 15 is 0 Å². The molecule has 1 aliphatic heterocycles. The second-order valence-electron chi connectivity index (χ2n) is 4.51. The minimum Gasteiger partial charge on any atom is -0.480 e. The fourth-order valence-corrected chi connectivity index (χ4v) is 1.94. The van der Waals surface area contributed by atoms with E-state index in [9.17, 15) is 9.59 Å². The average molecular weight is 259 g/mol. The quantitative estimate of drug-likeness (QED) is 0.668. The van der Waals surface area contributed by atoms with Crippen LogP contribution in [-0.4, -0.2) is 79.9 Å². The van der Waals surface area contributed by atoms with Crippen molar-refractivity contribution in [1.29, 1.82) is 0 Å². The van der Waals surface area contributed by atoms with Gasteiger partial charge in [-0.1, -0.05) is 0 Å². The van der Waals surface area contributed by atoms with E-state index in [-0.39, 0.29) is 25.2 Å². The number of amides is 2. The van der Waals surface area contributed by atoms with E-state index in [0.29, 0.717) is 6.61 Å². The minimum absolute atomic E-state index is 0.0985. The van der Waals surface area contributed by atoms with Gasteiger partial charge in [0, 0.05) is 26.2 Å². The summed E-state index contributed by atoms with van der Waals surface area (Å²) in [4.78, 5) is 26.0. The topological polar surface area (TPSA) is 82.1 Å². The zero-order valence-electron chi connectivity index (χ0n) is 10.9. The molecule has 1 unspecified atom stereocenters. The van der Waals surface area contributed by atoms with Crippen LogP contribution in [0.4, 0.5) is 4.79 Å². The molecule has 0 spiro atoms. The first-order valence-corrected chi connectivity index (χ1v) is 5.97. The maximum absolute atomic E-state index is 11.9. The number of hydrogen-bond donors (Lipinski definition) is 2. The molecule has 18 heavy (non-hydrogen) atoms. The number of likely N-dealkylation sites (tertiary alicyclic amines) is 1. The Labute approximate surface area is 107 Å². The lowest BCUT2D eigenvalue weighted by molar-refractivity contribution is -0.137. The number of nitrogens with zero attached hydrogens (tertiary/aromatic N) is 2. The van der Waals surface area contributed by atoms with E-state index < -0.39 is 5.97 Å². The summed E-state index contributed by atoms with van der Waals surface area (Å²) in [7, 11) is 3.51. The van der Waals surface area contributed by atoms with Crippen molar-refractivity contribution in [3.63, 3.8) is 0 Å². The van der Waals surface area contributed by atoms with Crippen LogP contribution in [0.2, 0.25) is 0 Å². The van der Waals surface area contributed by atoms with Gasteiger partial charge < -0.3 is 25.0 Å². The maximum atomic E-state index is 11.9. The highest BCUT2D eigenvalue weighted by atomic mass is 16.5. The Morgan fingerprint density at radius 3 is 2.78 bits per heavy atom. The molecular formula is C11H21N3O4. The Kier molecular flexibility index (Phi) is 5.87. The van der Waals surface area contributed by atoms with Crippen LogP contribution < -0.4 is 5.32 Å². The van der Waals surface area contributed by atoms with Crippen molar-refractivity contribution in [3.05, 3.63) is 0 Å². The molecule has 7 nitrogen and oxygen atoms in total. The van der Waals surface area contributed by atoms with Crippen molar-refractivity contribution in [1.82, 2.24) is 15.1 Å². The fourth-order valence-electron chi connectivity index (χ4n) is 1.94. The Balaban J connectivity index is 2.44. The van der Waals surface area contributed by atoms with Crippen molar-refractivity contribution >= 4 is 12.0 Å². The van der Waals surface area contributed by atoms with Crippen LogP contribution in [0.3, 0.4) is 0 Å². The molecule has 1 rings (SSSR count). The molecule has 0 aromatic carbocycles. The third-order valence-corrected chi connectivity index (χ3v) is 2.90. The number of urea groups is 1. The summed E-state index contributed by atoms with van der Waals surface area (Å²) in [6, 6.07) is -0.240. The summed E-state index contributed by atoms with van der Waals surface area (Å²) in [6.45, 7) is 2.04. The first-order valence-electron chi connectivity index (χ1n) is 5.97. The van der Waals surface area contributed by atoms with E-state index in [0.717, 1.165) is 19.5 Å². The monoisotopic (exact) mass is 259 g/mol. The molecule has 0 bridgehead atoms. The van der Waals surface area contributed by atoms with E-state index in [1.807, 2.05) is 7.05 Å². The fraction of sp³-hybridized carbons (Fsp3) is 0.818. The molecule has 0 aromatic rings. The van der Waals surface area contributed by atoms with Crippen LogP contribution in [0.25, 0.3) is 0 Å². The third-order valence-electron chi connectivity index (χ3n) is 2.90. The Morgan fingerprint density at radius 1 is 1.56 bits per heavy atom. The van der Waals surface area contributed by atoms with Crippen molar-refractivity contribution in [3.8, 4) is 0 Å². The highest BCUT2D eigenvalue weighted by Gasteiger charge is 2.24. The van der Waals surface area contributed by atoms with Gasteiger partial charge in [-0.2, -0.15) is 0 Å². The number of methoxy groups -OCH3 is 1. The molecule has 1 saturated heterocycles. The van der Waals surface area contributed by atoms with Crippen molar-refractivity contribution in [2.45, 2.75) is 12.5 Å². The van der Waals surface area contributed by atoms with Gasteiger partial charge in [-0.25, -0.2) is 4.79 Å².